The fourth-order valence-electron chi connectivity index (χ4n) is 1.08. The third kappa shape index (κ3) is 1.58. The minimum Gasteiger partial charge on any atom is -0.251 e. The summed E-state index contributed by atoms with van der Waals surface area (Å²) in [5.74, 6) is 0.442. The van der Waals surface area contributed by atoms with Crippen LogP contribution in [0.15, 0.2) is 12.3 Å². The maximum Gasteiger partial charge on any atom is 0.224 e. The normalized spacial score (nSPS) is 10.5. The minimum atomic E-state index is 0.442. The van der Waals surface area contributed by atoms with E-state index in [-0.39, 0.29) is 0 Å². The molecule has 0 aliphatic rings. The Hall–Kier alpha value is -1.49. The van der Waals surface area contributed by atoms with Gasteiger partial charge in [0.05, 0.1) is 12.1 Å². The summed E-state index contributed by atoms with van der Waals surface area (Å²) in [5, 5.41) is 12.1. The van der Waals surface area contributed by atoms with Crippen LogP contribution < -0.4 is 0 Å². The summed E-state index contributed by atoms with van der Waals surface area (Å²) in [4.78, 5) is 5.52. The molecule has 0 saturated carbocycles. The molecule has 2 aromatic heterocycles. The molecule has 2 aromatic rings. The van der Waals surface area contributed by atoms with Gasteiger partial charge in [-0.05, 0) is 23.8 Å². The van der Waals surface area contributed by atoms with E-state index in [2.05, 4.69) is 20.4 Å². The smallest absolute Gasteiger partial charge is 0.224 e. The maximum atomic E-state index is 5.99. The number of hydrogen-bond donors (Lipinski definition) is 0. The van der Waals surface area contributed by atoms with E-state index in [1.54, 1.807) is 13.2 Å². The second-order valence-corrected chi connectivity index (χ2v) is 3.35. The van der Waals surface area contributed by atoms with Gasteiger partial charge in [-0.3, -0.25) is 4.98 Å². The first-order chi connectivity index (χ1) is 6.66. The molecule has 0 fully saturated rings. The highest BCUT2D eigenvalue weighted by atomic mass is 35.5. The first-order valence-electron chi connectivity index (χ1n) is 4.03. The van der Waals surface area contributed by atoms with Crippen LogP contribution in [-0.2, 0) is 7.05 Å². The minimum absolute atomic E-state index is 0.442. The van der Waals surface area contributed by atoms with Gasteiger partial charge in [0.25, 0.3) is 0 Å². The Balaban J connectivity index is 2.52. The second kappa shape index (κ2) is 3.34. The molecule has 0 atom stereocenters. The fourth-order valence-corrected chi connectivity index (χ4v) is 1.38. The monoisotopic (exact) mass is 209 g/mol. The molecule has 14 heavy (non-hydrogen) atoms. The van der Waals surface area contributed by atoms with Crippen LogP contribution >= 0.6 is 11.6 Å². The Morgan fingerprint density at radius 1 is 1.43 bits per heavy atom. The summed E-state index contributed by atoms with van der Waals surface area (Å²) < 4.78 is 0. The van der Waals surface area contributed by atoms with Crippen LogP contribution in [0.25, 0.3) is 11.5 Å². The third-order valence-electron chi connectivity index (χ3n) is 1.70. The molecule has 2 rings (SSSR count). The molecular weight excluding hydrogens is 202 g/mol. The van der Waals surface area contributed by atoms with Crippen LogP contribution in [0.5, 0.6) is 0 Å². The zero-order chi connectivity index (χ0) is 10.1. The average Bonchev–Trinajstić information content (AvgIpc) is 2.51. The SMILES string of the molecule is Cc1cnc(-c2nnn(C)n2)c(Cl)c1. The van der Waals surface area contributed by atoms with E-state index in [0.29, 0.717) is 16.5 Å². The van der Waals surface area contributed by atoms with Gasteiger partial charge < -0.3 is 0 Å². The lowest BCUT2D eigenvalue weighted by Crippen LogP contribution is -1.93. The second-order valence-electron chi connectivity index (χ2n) is 2.95. The Morgan fingerprint density at radius 3 is 2.79 bits per heavy atom. The van der Waals surface area contributed by atoms with Gasteiger partial charge in [0.1, 0.15) is 5.69 Å². The number of rotatable bonds is 1. The Morgan fingerprint density at radius 2 is 2.21 bits per heavy atom. The summed E-state index contributed by atoms with van der Waals surface area (Å²) in [6.45, 7) is 1.92. The lowest BCUT2D eigenvalue weighted by molar-refractivity contribution is 0.630. The van der Waals surface area contributed by atoms with Gasteiger partial charge in [-0.1, -0.05) is 11.6 Å². The predicted molar refractivity (Wildman–Crippen MR) is 51.8 cm³/mol. The number of nitrogens with zero attached hydrogens (tertiary/aromatic N) is 5. The summed E-state index contributed by atoms with van der Waals surface area (Å²) in [6.07, 6.45) is 1.72. The quantitative estimate of drug-likeness (QED) is 0.709. The van der Waals surface area contributed by atoms with E-state index in [1.165, 1.54) is 4.80 Å². The summed E-state index contributed by atoms with van der Waals surface area (Å²) in [6, 6.07) is 1.82. The lowest BCUT2D eigenvalue weighted by atomic mass is 10.2. The number of pyridine rings is 1. The van der Waals surface area contributed by atoms with Gasteiger partial charge in [0.2, 0.25) is 5.82 Å². The van der Waals surface area contributed by atoms with Crippen molar-refractivity contribution in [3.63, 3.8) is 0 Å². The van der Waals surface area contributed by atoms with Crippen molar-refractivity contribution in [3.05, 3.63) is 22.8 Å². The first-order valence-corrected chi connectivity index (χ1v) is 4.41. The molecule has 0 N–H and O–H groups in total. The van der Waals surface area contributed by atoms with E-state index >= 15 is 0 Å². The average molecular weight is 210 g/mol. The van der Waals surface area contributed by atoms with E-state index in [0.717, 1.165) is 5.56 Å². The largest absolute Gasteiger partial charge is 0.251 e. The van der Waals surface area contributed by atoms with Crippen LogP contribution in [0.1, 0.15) is 5.56 Å². The highest BCUT2D eigenvalue weighted by Gasteiger charge is 2.10. The van der Waals surface area contributed by atoms with Gasteiger partial charge in [0.15, 0.2) is 0 Å². The van der Waals surface area contributed by atoms with Gasteiger partial charge >= 0.3 is 0 Å². The van der Waals surface area contributed by atoms with Crippen molar-refractivity contribution in [3.8, 4) is 11.5 Å². The highest BCUT2D eigenvalue weighted by molar-refractivity contribution is 6.32. The Bertz CT molecular complexity index is 465. The maximum absolute atomic E-state index is 5.99. The highest BCUT2D eigenvalue weighted by Crippen LogP contribution is 2.22. The molecular formula is C8H8ClN5. The molecule has 72 valence electrons. The van der Waals surface area contributed by atoms with Crippen molar-refractivity contribution in [2.75, 3.05) is 0 Å². The van der Waals surface area contributed by atoms with Crippen LogP contribution in [0.3, 0.4) is 0 Å². The number of aromatic nitrogens is 5. The number of aryl methyl sites for hydroxylation is 2. The van der Waals surface area contributed by atoms with Gasteiger partial charge in [0, 0.05) is 6.20 Å². The van der Waals surface area contributed by atoms with Crippen molar-refractivity contribution in [1.29, 1.82) is 0 Å². The molecule has 2 heterocycles. The van der Waals surface area contributed by atoms with Crippen molar-refractivity contribution in [2.45, 2.75) is 6.92 Å². The molecule has 0 aromatic carbocycles. The molecule has 0 unspecified atom stereocenters. The Kier molecular flexibility index (Phi) is 2.17. The fraction of sp³-hybridized carbons (Fsp3) is 0.250. The molecule has 6 heteroatoms. The van der Waals surface area contributed by atoms with Gasteiger partial charge in [-0.25, -0.2) is 0 Å². The number of halogens is 1. The van der Waals surface area contributed by atoms with E-state index < -0.39 is 0 Å². The summed E-state index contributed by atoms with van der Waals surface area (Å²) in [7, 11) is 1.69. The predicted octanol–water partition coefficient (Wildman–Crippen LogP) is 1.23. The zero-order valence-electron chi connectivity index (χ0n) is 7.77. The molecule has 0 aliphatic carbocycles. The number of tetrazole rings is 1. The number of hydrogen-bond acceptors (Lipinski definition) is 4. The lowest BCUT2D eigenvalue weighted by Gasteiger charge is -1.98. The topological polar surface area (TPSA) is 56.5 Å². The van der Waals surface area contributed by atoms with Crippen molar-refractivity contribution in [2.24, 2.45) is 7.05 Å². The van der Waals surface area contributed by atoms with Crippen molar-refractivity contribution < 1.29 is 0 Å². The standard InChI is InChI=1S/C8H8ClN5/c1-5-3-6(9)7(10-4-5)8-11-13-14(2)12-8/h3-4H,1-2H3. The molecule has 0 aliphatic heterocycles. The van der Waals surface area contributed by atoms with Gasteiger partial charge in [-0.15, -0.1) is 10.2 Å². The molecule has 0 bridgehead atoms. The van der Waals surface area contributed by atoms with Crippen LogP contribution in [0.2, 0.25) is 5.02 Å². The zero-order valence-corrected chi connectivity index (χ0v) is 8.52. The molecule has 0 spiro atoms. The van der Waals surface area contributed by atoms with Crippen LogP contribution in [-0.4, -0.2) is 25.2 Å². The van der Waals surface area contributed by atoms with E-state index in [4.69, 9.17) is 11.6 Å². The van der Waals surface area contributed by atoms with Crippen LogP contribution in [0.4, 0.5) is 0 Å². The first kappa shape index (κ1) is 9.08. The molecule has 0 radical (unpaired) electrons. The molecule has 0 saturated heterocycles. The Labute approximate surface area is 85.7 Å². The molecule has 5 nitrogen and oxygen atoms in total. The van der Waals surface area contributed by atoms with Crippen LogP contribution in [0, 0.1) is 6.92 Å². The molecule has 0 amide bonds. The van der Waals surface area contributed by atoms with E-state index in [9.17, 15) is 0 Å². The van der Waals surface area contributed by atoms with Gasteiger partial charge in [-0.2, -0.15) is 4.80 Å². The summed E-state index contributed by atoms with van der Waals surface area (Å²) in [5.41, 5.74) is 1.56. The summed E-state index contributed by atoms with van der Waals surface area (Å²) >= 11 is 5.99. The van der Waals surface area contributed by atoms with E-state index in [1.807, 2.05) is 13.0 Å². The van der Waals surface area contributed by atoms with Crippen molar-refractivity contribution >= 4 is 11.6 Å². The van der Waals surface area contributed by atoms with Crippen molar-refractivity contribution in [1.82, 2.24) is 25.2 Å². The third-order valence-corrected chi connectivity index (χ3v) is 1.99.